The number of carbonyl (C=O) groups is 1. The van der Waals surface area contributed by atoms with Gasteiger partial charge in [-0.3, -0.25) is 9.89 Å². The molecule has 2 N–H and O–H groups in total. The number of aromatic amines is 1. The van der Waals surface area contributed by atoms with Crippen LogP contribution in [0.2, 0.25) is 0 Å². The van der Waals surface area contributed by atoms with Gasteiger partial charge in [0.2, 0.25) is 5.91 Å². The van der Waals surface area contributed by atoms with Gasteiger partial charge in [-0.05, 0) is 38.6 Å². The van der Waals surface area contributed by atoms with Crippen LogP contribution in [0, 0.1) is 25.7 Å². The van der Waals surface area contributed by atoms with Crippen LogP contribution in [0.5, 0.6) is 0 Å². The Morgan fingerprint density at radius 3 is 2.86 bits per heavy atom. The van der Waals surface area contributed by atoms with E-state index in [0.29, 0.717) is 18.3 Å². The summed E-state index contributed by atoms with van der Waals surface area (Å²) in [5.74, 6) is 1.41. The van der Waals surface area contributed by atoms with Crippen LogP contribution in [0.25, 0.3) is 0 Å². The Morgan fingerprint density at radius 1 is 1.48 bits per heavy atom. The van der Waals surface area contributed by atoms with Crippen molar-refractivity contribution in [1.82, 2.24) is 20.4 Å². The number of H-pyrrole nitrogens is 1. The van der Waals surface area contributed by atoms with Crippen molar-refractivity contribution in [3.05, 3.63) is 17.0 Å². The fourth-order valence-electron chi connectivity index (χ4n) is 3.08. The molecular weight excluding hydrogens is 264 g/mol. The quantitative estimate of drug-likeness (QED) is 0.838. The number of aryl methyl sites for hydroxylation is 2. The molecule has 0 saturated carbocycles. The minimum absolute atomic E-state index is 0.102. The predicted molar refractivity (Wildman–Crippen MR) is 84.2 cm³/mol. The third kappa shape index (κ3) is 4.56. The molecule has 21 heavy (non-hydrogen) atoms. The maximum atomic E-state index is 12.1. The normalized spacial score (nSPS) is 19.4. The summed E-state index contributed by atoms with van der Waals surface area (Å²) in [7, 11) is 0. The summed E-state index contributed by atoms with van der Waals surface area (Å²) in [6.07, 6.45) is 1.62. The fourth-order valence-corrected chi connectivity index (χ4v) is 3.08. The van der Waals surface area contributed by atoms with Crippen molar-refractivity contribution in [3.63, 3.8) is 0 Å². The highest BCUT2D eigenvalue weighted by molar-refractivity contribution is 5.79. The fraction of sp³-hybridized carbons (Fsp3) is 0.750. The zero-order valence-electron chi connectivity index (χ0n) is 13.7. The number of hydrogen-bond acceptors (Lipinski definition) is 3. The van der Waals surface area contributed by atoms with Crippen LogP contribution in [0.15, 0.2) is 0 Å². The SMILES string of the molecule is Cc1n[nH]c(C)c1CC(=O)NCC1CCN(CC(C)C)C1. The third-order valence-corrected chi connectivity index (χ3v) is 4.20. The zero-order chi connectivity index (χ0) is 15.4. The first-order valence-corrected chi connectivity index (χ1v) is 7.95. The average molecular weight is 292 g/mol. The third-order valence-electron chi connectivity index (χ3n) is 4.20. The van der Waals surface area contributed by atoms with Gasteiger partial charge in [-0.15, -0.1) is 0 Å². The van der Waals surface area contributed by atoms with Gasteiger partial charge in [-0.25, -0.2) is 0 Å². The van der Waals surface area contributed by atoms with Crippen molar-refractivity contribution in [2.45, 2.75) is 40.5 Å². The number of aromatic nitrogens is 2. The molecular formula is C16H28N4O. The Labute approximate surface area is 127 Å². The maximum Gasteiger partial charge on any atom is 0.224 e. The lowest BCUT2D eigenvalue weighted by molar-refractivity contribution is -0.120. The number of carbonyl (C=O) groups excluding carboxylic acids is 1. The van der Waals surface area contributed by atoms with Gasteiger partial charge in [-0.1, -0.05) is 13.8 Å². The molecule has 5 nitrogen and oxygen atoms in total. The van der Waals surface area contributed by atoms with Crippen LogP contribution >= 0.6 is 0 Å². The molecule has 1 saturated heterocycles. The van der Waals surface area contributed by atoms with E-state index in [4.69, 9.17) is 0 Å². The highest BCUT2D eigenvalue weighted by Crippen LogP contribution is 2.17. The number of rotatable bonds is 6. The van der Waals surface area contributed by atoms with Crippen molar-refractivity contribution in [2.24, 2.45) is 11.8 Å². The highest BCUT2D eigenvalue weighted by Gasteiger charge is 2.23. The molecule has 0 aliphatic carbocycles. The molecule has 5 heteroatoms. The first-order valence-electron chi connectivity index (χ1n) is 7.95. The summed E-state index contributed by atoms with van der Waals surface area (Å²) < 4.78 is 0. The molecule has 1 fully saturated rings. The number of nitrogens with one attached hydrogen (secondary N) is 2. The Balaban J connectivity index is 1.73. The van der Waals surface area contributed by atoms with Crippen LogP contribution in [-0.4, -0.2) is 47.2 Å². The summed E-state index contributed by atoms with van der Waals surface area (Å²) in [5, 5.41) is 10.1. The smallest absolute Gasteiger partial charge is 0.224 e. The summed E-state index contributed by atoms with van der Waals surface area (Å²) in [6, 6.07) is 0. The van der Waals surface area contributed by atoms with Crippen molar-refractivity contribution >= 4 is 5.91 Å². The lowest BCUT2D eigenvalue weighted by Crippen LogP contribution is -2.32. The number of hydrogen-bond donors (Lipinski definition) is 2. The van der Waals surface area contributed by atoms with Crippen molar-refractivity contribution < 1.29 is 4.79 Å². The van der Waals surface area contributed by atoms with E-state index >= 15 is 0 Å². The van der Waals surface area contributed by atoms with E-state index in [-0.39, 0.29) is 5.91 Å². The van der Waals surface area contributed by atoms with Crippen LogP contribution in [0.1, 0.15) is 37.2 Å². The van der Waals surface area contributed by atoms with Gasteiger partial charge in [0, 0.05) is 30.9 Å². The van der Waals surface area contributed by atoms with E-state index in [9.17, 15) is 4.79 Å². The predicted octanol–water partition coefficient (Wildman–Crippen LogP) is 1.66. The number of amides is 1. The average Bonchev–Trinajstić information content (AvgIpc) is 2.97. The van der Waals surface area contributed by atoms with Gasteiger partial charge in [-0.2, -0.15) is 5.10 Å². The molecule has 2 rings (SSSR count). The van der Waals surface area contributed by atoms with Crippen molar-refractivity contribution in [3.8, 4) is 0 Å². The van der Waals surface area contributed by atoms with E-state index in [2.05, 4.69) is 34.3 Å². The van der Waals surface area contributed by atoms with E-state index in [1.807, 2.05) is 13.8 Å². The molecule has 1 aromatic heterocycles. The molecule has 0 bridgehead atoms. The standard InChI is InChI=1S/C16H28N4O/c1-11(2)9-20-6-5-14(10-20)8-17-16(21)7-15-12(3)18-19-13(15)4/h11,14H,5-10H2,1-4H3,(H,17,21)(H,18,19). The minimum atomic E-state index is 0.102. The minimum Gasteiger partial charge on any atom is -0.355 e. The molecule has 1 unspecified atom stereocenters. The number of likely N-dealkylation sites (tertiary alicyclic amines) is 1. The van der Waals surface area contributed by atoms with Gasteiger partial charge in [0.1, 0.15) is 0 Å². The highest BCUT2D eigenvalue weighted by atomic mass is 16.1. The Kier molecular flexibility index (Phi) is 5.39. The largest absolute Gasteiger partial charge is 0.355 e. The van der Waals surface area contributed by atoms with Crippen LogP contribution in [-0.2, 0) is 11.2 Å². The first-order chi connectivity index (χ1) is 9.95. The van der Waals surface area contributed by atoms with Gasteiger partial charge in [0.05, 0.1) is 12.1 Å². The van der Waals surface area contributed by atoms with Crippen LogP contribution in [0.3, 0.4) is 0 Å². The molecule has 118 valence electrons. The number of nitrogens with zero attached hydrogens (tertiary/aromatic N) is 2. The molecule has 1 aromatic rings. The zero-order valence-corrected chi connectivity index (χ0v) is 13.7. The van der Waals surface area contributed by atoms with Crippen molar-refractivity contribution in [2.75, 3.05) is 26.2 Å². The Bertz CT molecular complexity index is 461. The molecule has 1 aliphatic heterocycles. The monoisotopic (exact) mass is 292 g/mol. The second kappa shape index (κ2) is 7.07. The lowest BCUT2D eigenvalue weighted by atomic mass is 10.1. The second-order valence-corrected chi connectivity index (χ2v) is 6.70. The van der Waals surface area contributed by atoms with E-state index in [0.717, 1.165) is 36.6 Å². The van der Waals surface area contributed by atoms with Gasteiger partial charge >= 0.3 is 0 Å². The van der Waals surface area contributed by atoms with Gasteiger partial charge < -0.3 is 10.2 Å². The topological polar surface area (TPSA) is 61.0 Å². The Hall–Kier alpha value is -1.36. The lowest BCUT2D eigenvalue weighted by Gasteiger charge is -2.18. The van der Waals surface area contributed by atoms with E-state index in [1.54, 1.807) is 0 Å². The van der Waals surface area contributed by atoms with Gasteiger partial charge in [0.25, 0.3) is 0 Å². The Morgan fingerprint density at radius 2 is 2.24 bits per heavy atom. The molecule has 2 heterocycles. The van der Waals surface area contributed by atoms with Gasteiger partial charge in [0.15, 0.2) is 0 Å². The van der Waals surface area contributed by atoms with Crippen molar-refractivity contribution in [1.29, 1.82) is 0 Å². The second-order valence-electron chi connectivity index (χ2n) is 6.70. The molecule has 0 aromatic carbocycles. The summed E-state index contributed by atoms with van der Waals surface area (Å²) in [5.41, 5.74) is 2.94. The first kappa shape index (κ1) is 16.0. The molecule has 1 amide bonds. The van der Waals surface area contributed by atoms with Crippen LogP contribution < -0.4 is 5.32 Å². The summed E-state index contributed by atoms with van der Waals surface area (Å²) in [4.78, 5) is 14.6. The van der Waals surface area contributed by atoms with E-state index < -0.39 is 0 Å². The molecule has 1 atom stereocenters. The molecule has 1 aliphatic rings. The maximum absolute atomic E-state index is 12.1. The van der Waals surface area contributed by atoms with E-state index in [1.165, 1.54) is 13.0 Å². The molecule has 0 radical (unpaired) electrons. The summed E-state index contributed by atoms with van der Waals surface area (Å²) >= 11 is 0. The van der Waals surface area contributed by atoms with Crippen LogP contribution in [0.4, 0.5) is 0 Å². The summed E-state index contributed by atoms with van der Waals surface area (Å²) in [6.45, 7) is 12.6. The molecule has 0 spiro atoms.